The van der Waals surface area contributed by atoms with Crippen molar-refractivity contribution in [3.63, 3.8) is 0 Å². The van der Waals surface area contributed by atoms with Crippen LogP contribution in [0.25, 0.3) is 10.9 Å². The van der Waals surface area contributed by atoms with Crippen LogP contribution in [0.15, 0.2) is 42.7 Å². The Bertz CT molecular complexity index is 1050. The van der Waals surface area contributed by atoms with E-state index >= 15 is 0 Å². The van der Waals surface area contributed by atoms with Gasteiger partial charge in [-0.25, -0.2) is 9.97 Å². The lowest BCUT2D eigenvalue weighted by atomic mass is 10.2. The number of hydrogen-bond acceptors (Lipinski definition) is 9. The molecule has 9 heteroatoms. The summed E-state index contributed by atoms with van der Waals surface area (Å²) in [6.07, 6.45) is 2.47. The van der Waals surface area contributed by atoms with Crippen LogP contribution in [-0.4, -0.2) is 81.5 Å². The van der Waals surface area contributed by atoms with Crippen molar-refractivity contribution >= 4 is 22.4 Å². The first kappa shape index (κ1) is 24.0. The summed E-state index contributed by atoms with van der Waals surface area (Å²) in [7, 11) is 3.30. The first-order chi connectivity index (χ1) is 16.8. The number of rotatable bonds is 9. The molecule has 34 heavy (non-hydrogen) atoms. The van der Waals surface area contributed by atoms with Crippen molar-refractivity contribution in [2.75, 3.05) is 72.0 Å². The topological polar surface area (TPSA) is 92.8 Å². The van der Waals surface area contributed by atoms with Crippen LogP contribution in [0.1, 0.15) is 6.42 Å². The molecule has 4 rings (SSSR count). The highest BCUT2D eigenvalue weighted by molar-refractivity contribution is 5.93. The fourth-order valence-corrected chi connectivity index (χ4v) is 3.98. The van der Waals surface area contributed by atoms with Crippen LogP contribution in [0.2, 0.25) is 0 Å². The predicted molar refractivity (Wildman–Crippen MR) is 135 cm³/mol. The van der Waals surface area contributed by atoms with Crippen LogP contribution in [0.3, 0.4) is 0 Å². The zero-order valence-electron chi connectivity index (χ0n) is 20.0. The van der Waals surface area contributed by atoms with E-state index in [2.05, 4.69) is 30.8 Å². The van der Waals surface area contributed by atoms with Gasteiger partial charge in [-0.05, 0) is 24.6 Å². The molecule has 2 aromatic carbocycles. The van der Waals surface area contributed by atoms with Crippen molar-refractivity contribution in [3.05, 3.63) is 42.7 Å². The number of nitrogens with one attached hydrogen (secondary N) is 3. The molecular formula is C25H34N6O3. The van der Waals surface area contributed by atoms with Gasteiger partial charge in [0.15, 0.2) is 11.5 Å². The lowest BCUT2D eigenvalue weighted by molar-refractivity contribution is 0.233. The van der Waals surface area contributed by atoms with Gasteiger partial charge >= 0.3 is 0 Å². The van der Waals surface area contributed by atoms with E-state index in [-0.39, 0.29) is 0 Å². The standard InChI is InChI=1S/C25H34N6O3/c1-32-20-6-3-5-19(15-20)30-25-21-16-24(23(33-2)17-22(21)28-18-29-25)34-14-4-11-31-12-9-26-7-8-27-10-13-31/h3,5-6,15-18,26-27H,4,7-14H2,1-2H3,(H,28,29,30). The van der Waals surface area contributed by atoms with Crippen LogP contribution in [0.5, 0.6) is 17.2 Å². The Morgan fingerprint density at radius 2 is 1.76 bits per heavy atom. The van der Waals surface area contributed by atoms with Crippen LogP contribution >= 0.6 is 0 Å². The summed E-state index contributed by atoms with van der Waals surface area (Å²) in [5, 5.41) is 11.1. The molecule has 0 atom stereocenters. The molecule has 1 aliphatic rings. The fourth-order valence-electron chi connectivity index (χ4n) is 3.98. The van der Waals surface area contributed by atoms with E-state index in [4.69, 9.17) is 14.2 Å². The maximum absolute atomic E-state index is 6.16. The fraction of sp³-hybridized carbons (Fsp3) is 0.440. The molecular weight excluding hydrogens is 432 g/mol. The number of fused-ring (bicyclic) bond motifs is 1. The number of hydrogen-bond donors (Lipinski definition) is 3. The van der Waals surface area contributed by atoms with E-state index in [1.807, 2.05) is 36.4 Å². The number of ether oxygens (including phenoxy) is 3. The molecule has 1 aliphatic heterocycles. The Balaban J connectivity index is 1.44. The van der Waals surface area contributed by atoms with Crippen molar-refractivity contribution in [2.24, 2.45) is 0 Å². The van der Waals surface area contributed by atoms with Gasteiger partial charge < -0.3 is 35.1 Å². The molecule has 3 aromatic rings. The summed E-state index contributed by atoms with van der Waals surface area (Å²) < 4.78 is 17.1. The van der Waals surface area contributed by atoms with Gasteiger partial charge in [-0.15, -0.1) is 0 Å². The second-order valence-corrected chi connectivity index (χ2v) is 8.14. The van der Waals surface area contributed by atoms with E-state index in [9.17, 15) is 0 Å². The molecule has 0 amide bonds. The summed E-state index contributed by atoms with van der Waals surface area (Å²) in [5.74, 6) is 2.82. The molecule has 0 radical (unpaired) electrons. The molecule has 2 heterocycles. The highest BCUT2D eigenvalue weighted by Crippen LogP contribution is 2.35. The Kier molecular flexibility index (Phi) is 8.72. The largest absolute Gasteiger partial charge is 0.497 e. The van der Waals surface area contributed by atoms with Crippen LogP contribution in [0.4, 0.5) is 11.5 Å². The number of nitrogens with zero attached hydrogens (tertiary/aromatic N) is 3. The van der Waals surface area contributed by atoms with Gasteiger partial charge in [0, 0.05) is 69.0 Å². The SMILES string of the molecule is COc1cccc(Nc2ncnc3cc(OC)c(OCCCN4CCNCCNCC4)cc23)c1. The molecule has 3 N–H and O–H groups in total. The Morgan fingerprint density at radius 3 is 2.53 bits per heavy atom. The molecule has 0 aliphatic carbocycles. The third-order valence-electron chi connectivity index (χ3n) is 5.82. The number of anilines is 2. The maximum Gasteiger partial charge on any atom is 0.162 e. The van der Waals surface area contributed by atoms with Gasteiger partial charge in [0.25, 0.3) is 0 Å². The number of aromatic nitrogens is 2. The average molecular weight is 467 g/mol. The minimum atomic E-state index is 0.603. The summed E-state index contributed by atoms with van der Waals surface area (Å²) in [5.41, 5.74) is 1.66. The van der Waals surface area contributed by atoms with Gasteiger partial charge in [-0.2, -0.15) is 0 Å². The van der Waals surface area contributed by atoms with Gasteiger partial charge in [-0.1, -0.05) is 6.07 Å². The van der Waals surface area contributed by atoms with E-state index < -0.39 is 0 Å². The maximum atomic E-state index is 6.16. The second kappa shape index (κ2) is 12.4. The summed E-state index contributed by atoms with van der Waals surface area (Å²) >= 11 is 0. The second-order valence-electron chi connectivity index (χ2n) is 8.14. The summed E-state index contributed by atoms with van der Waals surface area (Å²) in [4.78, 5) is 11.3. The quantitative estimate of drug-likeness (QED) is 0.412. The normalized spacial score (nSPS) is 15.2. The summed E-state index contributed by atoms with van der Waals surface area (Å²) in [6.45, 7) is 7.79. The Hall–Kier alpha value is -3.14. The third-order valence-corrected chi connectivity index (χ3v) is 5.82. The van der Waals surface area contributed by atoms with Crippen molar-refractivity contribution < 1.29 is 14.2 Å². The minimum Gasteiger partial charge on any atom is -0.497 e. The lowest BCUT2D eigenvalue weighted by Gasteiger charge is -2.21. The molecule has 1 aromatic heterocycles. The van der Waals surface area contributed by atoms with E-state index in [1.165, 1.54) is 0 Å². The van der Waals surface area contributed by atoms with Gasteiger partial charge in [0.1, 0.15) is 17.9 Å². The van der Waals surface area contributed by atoms with Gasteiger partial charge in [-0.3, -0.25) is 0 Å². The van der Waals surface area contributed by atoms with Crippen molar-refractivity contribution in [3.8, 4) is 17.2 Å². The van der Waals surface area contributed by atoms with Crippen LogP contribution < -0.4 is 30.2 Å². The molecule has 0 spiro atoms. The van der Waals surface area contributed by atoms with E-state index in [0.29, 0.717) is 23.9 Å². The van der Waals surface area contributed by atoms with E-state index in [1.54, 1.807) is 20.5 Å². The van der Waals surface area contributed by atoms with E-state index in [0.717, 1.165) is 74.6 Å². The molecule has 0 bridgehead atoms. The smallest absolute Gasteiger partial charge is 0.162 e. The monoisotopic (exact) mass is 466 g/mol. The van der Waals surface area contributed by atoms with Crippen LogP contribution in [0, 0.1) is 0 Å². The zero-order chi connectivity index (χ0) is 23.6. The lowest BCUT2D eigenvalue weighted by Crippen LogP contribution is -2.35. The molecule has 1 saturated heterocycles. The number of methoxy groups -OCH3 is 2. The van der Waals surface area contributed by atoms with Crippen molar-refractivity contribution in [1.82, 2.24) is 25.5 Å². The minimum absolute atomic E-state index is 0.603. The Morgan fingerprint density at radius 1 is 0.941 bits per heavy atom. The van der Waals surface area contributed by atoms with Crippen molar-refractivity contribution in [1.29, 1.82) is 0 Å². The number of benzene rings is 2. The molecule has 9 nitrogen and oxygen atoms in total. The first-order valence-electron chi connectivity index (χ1n) is 11.8. The predicted octanol–water partition coefficient (Wildman–Crippen LogP) is 2.65. The molecule has 1 fully saturated rings. The highest BCUT2D eigenvalue weighted by Gasteiger charge is 2.13. The molecule has 0 unspecified atom stereocenters. The summed E-state index contributed by atoms with van der Waals surface area (Å²) in [6, 6.07) is 11.6. The van der Waals surface area contributed by atoms with Crippen molar-refractivity contribution in [2.45, 2.75) is 6.42 Å². The molecule has 182 valence electrons. The van der Waals surface area contributed by atoms with Gasteiger partial charge in [0.2, 0.25) is 0 Å². The van der Waals surface area contributed by atoms with Gasteiger partial charge in [0.05, 0.1) is 26.3 Å². The first-order valence-corrected chi connectivity index (χ1v) is 11.8. The Labute approximate surface area is 200 Å². The highest BCUT2D eigenvalue weighted by atomic mass is 16.5. The average Bonchev–Trinajstić information content (AvgIpc) is 3.00. The zero-order valence-corrected chi connectivity index (χ0v) is 20.0. The molecule has 0 saturated carbocycles. The third kappa shape index (κ3) is 6.47. The van der Waals surface area contributed by atoms with Crippen LogP contribution in [-0.2, 0) is 0 Å².